The van der Waals surface area contributed by atoms with E-state index in [-0.39, 0.29) is 12.8 Å². The van der Waals surface area contributed by atoms with Gasteiger partial charge in [0.05, 0.1) is 32.0 Å². The maximum absolute atomic E-state index is 12.7. The highest BCUT2D eigenvalue weighted by Crippen LogP contribution is 2.43. The van der Waals surface area contributed by atoms with Crippen LogP contribution in [0.2, 0.25) is 0 Å². The number of allylic oxidation sites excluding steroid dienone is 5. The molecule has 0 fully saturated rings. The lowest BCUT2D eigenvalue weighted by Gasteiger charge is -2.20. The highest BCUT2D eigenvalue weighted by atomic mass is 31.2. The van der Waals surface area contributed by atoms with Crippen LogP contribution in [-0.4, -0.2) is 92.8 Å². The third-order valence-electron chi connectivity index (χ3n) is 9.22. The second-order valence-corrected chi connectivity index (χ2v) is 17.6. The Balaban J connectivity index is 4.66. The molecule has 0 aliphatic heterocycles. The second kappa shape index (κ2) is 38.0. The number of hydrogen-bond donors (Lipinski definition) is 6. The number of aliphatic hydroxyl groups is 3. The van der Waals surface area contributed by atoms with Crippen LogP contribution < -0.4 is 0 Å². The predicted octanol–water partition coefficient (Wildman–Crippen LogP) is 8.84. The normalized spacial score (nSPS) is 15.5. The van der Waals surface area contributed by atoms with E-state index in [0.717, 1.165) is 83.5 Å². The van der Waals surface area contributed by atoms with Gasteiger partial charge in [0.15, 0.2) is 6.10 Å². The molecule has 0 saturated carbocycles. The van der Waals surface area contributed by atoms with E-state index in [1.54, 1.807) is 0 Å². The molecule has 0 aliphatic carbocycles. The molecule has 6 N–H and O–H groups in total. The Bertz CT molecular complexity index is 1220. The van der Waals surface area contributed by atoms with E-state index in [0.29, 0.717) is 25.7 Å². The Morgan fingerprint density at radius 3 is 1.66 bits per heavy atom. The van der Waals surface area contributed by atoms with Gasteiger partial charge in [-0.1, -0.05) is 127 Å². The fraction of sp³-hybridized carbons (Fsp3) is 0.810. The van der Waals surface area contributed by atoms with Crippen LogP contribution >= 0.6 is 15.6 Å². The van der Waals surface area contributed by atoms with Crippen molar-refractivity contribution in [3.63, 3.8) is 0 Å². The largest absolute Gasteiger partial charge is 0.472 e. The zero-order valence-electron chi connectivity index (χ0n) is 35.8. The van der Waals surface area contributed by atoms with Crippen LogP contribution in [0.15, 0.2) is 36.5 Å². The van der Waals surface area contributed by atoms with E-state index in [1.807, 2.05) is 6.08 Å². The number of rotatable bonds is 41. The van der Waals surface area contributed by atoms with Crippen molar-refractivity contribution >= 4 is 27.6 Å². The van der Waals surface area contributed by atoms with Crippen LogP contribution in [0.3, 0.4) is 0 Å². The molecule has 0 rings (SSSR count). The van der Waals surface area contributed by atoms with Crippen molar-refractivity contribution in [1.82, 2.24) is 0 Å². The van der Waals surface area contributed by atoms with Crippen molar-refractivity contribution in [3.8, 4) is 0 Å². The number of hydrogen-bond acceptors (Lipinski definition) is 12. The summed E-state index contributed by atoms with van der Waals surface area (Å²) in [5.41, 5.74) is 0. The van der Waals surface area contributed by atoms with Gasteiger partial charge in [-0.15, -0.1) is 0 Å². The number of aliphatic hydroxyl groups excluding tert-OH is 3. The van der Waals surface area contributed by atoms with Crippen LogP contribution in [-0.2, 0) is 41.8 Å². The third kappa shape index (κ3) is 40.1. The third-order valence-corrected chi connectivity index (χ3v) is 10.7. The smallest absolute Gasteiger partial charge is 0.462 e. The van der Waals surface area contributed by atoms with E-state index in [1.165, 1.54) is 32.1 Å². The SMILES string of the molecule is CCCCC/C=C\C[C@@H](O)[C@H](O)CCCCCCCC(=O)OC[C@H](COP(=O)(O)OC[C@@H](O)COP(=O)(O)O)OC(=O)CCCCCCC/C=C\C=C/CCCCCC. The molecular weight excluding hydrogens is 806 g/mol. The van der Waals surface area contributed by atoms with Gasteiger partial charge in [0.1, 0.15) is 12.7 Å². The van der Waals surface area contributed by atoms with Gasteiger partial charge >= 0.3 is 27.6 Å². The summed E-state index contributed by atoms with van der Waals surface area (Å²) < 4.78 is 47.6. The number of esters is 2. The minimum Gasteiger partial charge on any atom is -0.462 e. The van der Waals surface area contributed by atoms with Crippen molar-refractivity contribution in [3.05, 3.63) is 36.5 Å². The Labute approximate surface area is 353 Å². The quantitative estimate of drug-likeness (QED) is 0.0111. The average molecular weight is 885 g/mol. The molecule has 0 radical (unpaired) electrons. The molecule has 5 atom stereocenters. The highest BCUT2D eigenvalue weighted by molar-refractivity contribution is 7.47. The van der Waals surface area contributed by atoms with Crippen LogP contribution in [0.5, 0.6) is 0 Å². The van der Waals surface area contributed by atoms with Gasteiger partial charge in [-0.05, 0) is 64.2 Å². The molecule has 59 heavy (non-hydrogen) atoms. The van der Waals surface area contributed by atoms with Gasteiger partial charge in [-0.25, -0.2) is 9.13 Å². The van der Waals surface area contributed by atoms with Gasteiger partial charge in [0.25, 0.3) is 0 Å². The molecule has 15 nitrogen and oxygen atoms in total. The topological polar surface area (TPSA) is 236 Å². The van der Waals surface area contributed by atoms with Gasteiger partial charge in [0, 0.05) is 12.8 Å². The molecule has 0 aliphatic rings. The Hall–Kier alpha value is -1.74. The van der Waals surface area contributed by atoms with Gasteiger partial charge in [0.2, 0.25) is 0 Å². The Morgan fingerprint density at radius 2 is 1.03 bits per heavy atom. The zero-order valence-corrected chi connectivity index (χ0v) is 37.6. The molecule has 0 aromatic carbocycles. The van der Waals surface area contributed by atoms with Crippen LogP contribution in [0.1, 0.15) is 168 Å². The van der Waals surface area contributed by atoms with Crippen molar-refractivity contribution in [1.29, 1.82) is 0 Å². The first-order valence-corrected chi connectivity index (χ1v) is 24.9. The Morgan fingerprint density at radius 1 is 0.542 bits per heavy atom. The standard InChI is InChI=1S/C42H78O15P2/c1-3-5-7-9-11-12-13-14-15-16-17-18-19-23-28-32-42(47)57-38(36-56-59(51,52)55-34-37(43)33-54-58(48,49)50)35-53-41(46)31-27-24-20-22-26-30-40(45)39(44)29-25-21-10-8-6-4-2/h12-15,21,25,37-40,43-45H,3-11,16-20,22-24,26-36H2,1-2H3,(H,51,52)(H2,48,49,50)/b13-12-,15-14-,25-21-/t37-,38+,39+,40+/m0/s1. The molecule has 346 valence electrons. The summed E-state index contributed by atoms with van der Waals surface area (Å²) in [7, 11) is -9.73. The summed E-state index contributed by atoms with van der Waals surface area (Å²) in [6.45, 7) is 1.49. The van der Waals surface area contributed by atoms with Crippen molar-refractivity contribution < 1.29 is 71.8 Å². The fourth-order valence-corrected chi connectivity index (χ4v) is 6.87. The van der Waals surface area contributed by atoms with Crippen LogP contribution in [0.4, 0.5) is 0 Å². The second-order valence-electron chi connectivity index (χ2n) is 15.0. The molecule has 17 heteroatoms. The zero-order chi connectivity index (χ0) is 44.0. The van der Waals surface area contributed by atoms with Crippen molar-refractivity contribution in [2.75, 3.05) is 26.4 Å². The lowest BCUT2D eigenvalue weighted by molar-refractivity contribution is -0.161. The molecule has 0 aromatic rings. The molecule has 0 heterocycles. The molecule has 0 aromatic heterocycles. The van der Waals surface area contributed by atoms with E-state index < -0.39 is 78.4 Å². The summed E-state index contributed by atoms with van der Waals surface area (Å²) in [6, 6.07) is 0. The summed E-state index contributed by atoms with van der Waals surface area (Å²) in [5, 5.41) is 30.2. The summed E-state index contributed by atoms with van der Waals surface area (Å²) in [6.07, 6.45) is 28.7. The van der Waals surface area contributed by atoms with Crippen LogP contribution in [0.25, 0.3) is 0 Å². The molecule has 1 unspecified atom stereocenters. The van der Waals surface area contributed by atoms with Crippen molar-refractivity contribution in [2.24, 2.45) is 0 Å². The minimum atomic E-state index is -4.88. The number of phosphoric ester groups is 2. The molecular formula is C42H78O15P2. The van der Waals surface area contributed by atoms with E-state index in [2.05, 4.69) is 53.3 Å². The van der Waals surface area contributed by atoms with E-state index in [9.17, 15) is 38.9 Å². The lowest BCUT2D eigenvalue weighted by Crippen LogP contribution is -2.30. The maximum Gasteiger partial charge on any atom is 0.472 e. The summed E-state index contributed by atoms with van der Waals surface area (Å²) >= 11 is 0. The first-order valence-electron chi connectivity index (χ1n) is 21.9. The number of unbranched alkanes of at least 4 members (excludes halogenated alkanes) is 16. The predicted molar refractivity (Wildman–Crippen MR) is 228 cm³/mol. The average Bonchev–Trinajstić information content (AvgIpc) is 3.19. The number of carbonyl (C=O) groups excluding carboxylic acids is 2. The van der Waals surface area contributed by atoms with E-state index in [4.69, 9.17) is 23.8 Å². The number of phosphoric acid groups is 2. The van der Waals surface area contributed by atoms with Gasteiger partial charge < -0.3 is 39.5 Å². The lowest BCUT2D eigenvalue weighted by atomic mass is 10.0. The molecule has 0 spiro atoms. The maximum atomic E-state index is 12.7. The van der Waals surface area contributed by atoms with Gasteiger partial charge in [-0.2, -0.15) is 0 Å². The number of ether oxygens (including phenoxy) is 2. The minimum absolute atomic E-state index is 0.0820. The highest BCUT2D eigenvalue weighted by Gasteiger charge is 2.28. The summed E-state index contributed by atoms with van der Waals surface area (Å²) in [4.78, 5) is 52.7. The first kappa shape index (κ1) is 57.3. The fourth-order valence-electron chi connectivity index (χ4n) is 5.71. The van der Waals surface area contributed by atoms with Gasteiger partial charge in [-0.3, -0.25) is 23.2 Å². The van der Waals surface area contributed by atoms with Crippen molar-refractivity contribution in [2.45, 2.75) is 192 Å². The molecule has 0 saturated heterocycles. The first-order chi connectivity index (χ1) is 28.2. The van der Waals surface area contributed by atoms with Crippen LogP contribution in [0, 0.1) is 0 Å². The number of carbonyl (C=O) groups is 2. The molecule has 0 amide bonds. The monoisotopic (exact) mass is 884 g/mol. The Kier molecular flexibility index (Phi) is 36.9. The molecule has 0 bridgehead atoms. The van der Waals surface area contributed by atoms with E-state index >= 15 is 0 Å². The summed E-state index contributed by atoms with van der Waals surface area (Å²) in [5.74, 6) is -1.16.